The molecule has 33 heavy (non-hydrogen) atoms. The maximum absolute atomic E-state index is 9.72. The van der Waals surface area contributed by atoms with Crippen LogP contribution in [0.1, 0.15) is 25.7 Å². The first-order chi connectivity index (χ1) is 14.2. The van der Waals surface area contributed by atoms with E-state index in [1.54, 1.807) is 0 Å². The molecule has 0 aromatic carbocycles. The van der Waals surface area contributed by atoms with Crippen LogP contribution in [-0.4, -0.2) is 133 Å². The van der Waals surface area contributed by atoms with E-state index in [2.05, 4.69) is 0 Å². The summed E-state index contributed by atoms with van der Waals surface area (Å²) in [6, 6.07) is 0. The standard InChI is InChI=1S/4C3H8O4S.Si/c4*4-2-1-3-8(5,6)7;/h4*4H,1-3H2,(H,5,6,7);/q;;;;+4/p-4. The number of aliphatic hydroxyl groups is 4. The molecule has 0 bridgehead atoms. The van der Waals surface area contributed by atoms with E-state index in [1.165, 1.54) is 0 Å². The number of hydrogen-bond donors (Lipinski definition) is 4. The fourth-order valence-electron chi connectivity index (χ4n) is 0.965. The van der Waals surface area contributed by atoms with Crippen LogP contribution in [0.15, 0.2) is 0 Å². The second-order valence-corrected chi connectivity index (χ2v) is 11.5. The molecule has 0 saturated carbocycles. The first-order valence-electron chi connectivity index (χ1n) is 8.42. The van der Waals surface area contributed by atoms with Gasteiger partial charge in [-0.1, -0.05) is 0 Å². The summed E-state index contributed by atoms with van der Waals surface area (Å²) in [6.45, 7) is -0.994. The van der Waals surface area contributed by atoms with Crippen molar-refractivity contribution in [2.24, 2.45) is 0 Å². The summed E-state index contributed by atoms with van der Waals surface area (Å²) in [5.74, 6) is -1.88. The van der Waals surface area contributed by atoms with Gasteiger partial charge < -0.3 is 38.6 Å². The van der Waals surface area contributed by atoms with Gasteiger partial charge in [-0.05, 0) is 25.7 Å². The minimum atomic E-state index is -4.10. The Morgan fingerprint density at radius 2 is 0.515 bits per heavy atom. The maximum atomic E-state index is 9.72. The fourth-order valence-corrected chi connectivity index (χ4v) is 2.90. The molecule has 0 saturated heterocycles. The van der Waals surface area contributed by atoms with Crippen molar-refractivity contribution in [1.82, 2.24) is 0 Å². The Hall–Kier alpha value is -0.303. The molecule has 0 aliphatic rings. The Morgan fingerprint density at radius 3 is 0.545 bits per heavy atom. The van der Waals surface area contributed by atoms with E-state index in [9.17, 15) is 51.9 Å². The van der Waals surface area contributed by atoms with Crippen LogP contribution in [-0.2, 0) is 40.5 Å². The zero-order valence-electron chi connectivity index (χ0n) is 17.3. The normalized spacial score (nSPS) is 11.4. The first kappa shape index (κ1) is 42.8. The van der Waals surface area contributed by atoms with Gasteiger partial charge in [0.05, 0.1) is 40.5 Å². The summed E-state index contributed by atoms with van der Waals surface area (Å²) in [7, 11) is -16.4. The molecule has 0 fully saturated rings. The van der Waals surface area contributed by atoms with E-state index >= 15 is 0 Å². The van der Waals surface area contributed by atoms with Crippen molar-refractivity contribution in [3.63, 3.8) is 0 Å². The molecule has 4 N–H and O–H groups in total. The molecule has 0 heterocycles. The molecule has 0 aromatic rings. The molecule has 0 aromatic heterocycles. The Kier molecular flexibility index (Phi) is 30.4. The van der Waals surface area contributed by atoms with Gasteiger partial charge >= 0.3 is 11.0 Å². The minimum absolute atomic E-state index is 0. The van der Waals surface area contributed by atoms with Crippen LogP contribution < -0.4 is 0 Å². The Labute approximate surface area is 198 Å². The van der Waals surface area contributed by atoms with E-state index in [-0.39, 0.29) is 63.1 Å². The van der Waals surface area contributed by atoms with Gasteiger partial charge in [0.15, 0.2) is 0 Å². The Morgan fingerprint density at radius 1 is 0.394 bits per heavy atom. The summed E-state index contributed by atoms with van der Waals surface area (Å²) in [6.07, 6.45) is 0.134. The molecule has 21 heteroatoms. The van der Waals surface area contributed by atoms with Crippen LogP contribution in [0.2, 0.25) is 0 Å². The molecular weight excluding hydrogens is 556 g/mol. The molecule has 16 nitrogen and oxygen atoms in total. The first-order valence-corrected chi connectivity index (χ1v) is 14.7. The minimum Gasteiger partial charge on any atom is -0.748 e. The van der Waals surface area contributed by atoms with Crippen molar-refractivity contribution in [2.75, 3.05) is 49.4 Å². The topological polar surface area (TPSA) is 310 Å². The van der Waals surface area contributed by atoms with Crippen molar-refractivity contribution in [3.05, 3.63) is 0 Å². The van der Waals surface area contributed by atoms with Gasteiger partial charge in [0.2, 0.25) is 0 Å². The Balaban J connectivity index is -0.000000105. The third kappa shape index (κ3) is 72.1. The van der Waals surface area contributed by atoms with Crippen molar-refractivity contribution < 1.29 is 72.3 Å². The molecule has 0 atom stereocenters. The van der Waals surface area contributed by atoms with Gasteiger partial charge in [0, 0.05) is 49.4 Å². The van der Waals surface area contributed by atoms with E-state index in [0.717, 1.165) is 0 Å². The van der Waals surface area contributed by atoms with Crippen LogP contribution in [0.5, 0.6) is 0 Å². The van der Waals surface area contributed by atoms with Crippen LogP contribution in [0.3, 0.4) is 0 Å². The smallest absolute Gasteiger partial charge is 0.748 e. The molecule has 0 unspecified atom stereocenters. The Bertz CT molecular complexity index is 692. The molecule has 0 spiro atoms. The number of aliphatic hydroxyl groups excluding tert-OH is 4. The second-order valence-electron chi connectivity index (χ2n) is 5.36. The predicted octanol–water partition coefficient (Wildman–Crippen LogP) is -4.72. The molecule has 0 rings (SSSR count). The predicted molar refractivity (Wildman–Crippen MR) is 111 cm³/mol. The molecule has 200 valence electrons. The van der Waals surface area contributed by atoms with Gasteiger partial charge in [0.1, 0.15) is 0 Å². The number of rotatable bonds is 12. The molecule has 0 aliphatic heterocycles. The third-order valence-electron chi connectivity index (χ3n) is 2.21. The van der Waals surface area contributed by atoms with E-state index in [0.29, 0.717) is 0 Å². The van der Waals surface area contributed by atoms with E-state index < -0.39 is 63.5 Å². The monoisotopic (exact) mass is 584 g/mol. The zero-order valence-corrected chi connectivity index (χ0v) is 21.6. The van der Waals surface area contributed by atoms with Crippen molar-refractivity contribution >= 4 is 51.4 Å². The van der Waals surface area contributed by atoms with Gasteiger partial charge in [-0.25, -0.2) is 33.7 Å². The SMILES string of the molecule is O=S(=O)([O-])CCCO.O=S(=O)([O-])CCCO.O=S(=O)([O-])CCCO.O=S(=O)([O-])CCCO.[Si+4]. The third-order valence-corrected chi connectivity index (χ3v) is 5.36. The van der Waals surface area contributed by atoms with Gasteiger partial charge in [0.25, 0.3) is 0 Å². The molecule has 0 amide bonds. The second kappa shape index (κ2) is 23.4. The summed E-state index contributed by atoms with van der Waals surface area (Å²) in [4.78, 5) is 0. The van der Waals surface area contributed by atoms with Crippen molar-refractivity contribution in [1.29, 1.82) is 0 Å². The van der Waals surface area contributed by atoms with Crippen LogP contribution in [0.25, 0.3) is 0 Å². The zero-order chi connectivity index (χ0) is 26.5. The summed E-state index contributed by atoms with van der Waals surface area (Å²) in [5.41, 5.74) is 0. The summed E-state index contributed by atoms with van der Waals surface area (Å²) in [5, 5.41) is 32.1. The summed E-state index contributed by atoms with van der Waals surface area (Å²) < 4.78 is 117. The maximum Gasteiger partial charge on any atom is 4.00 e. The quantitative estimate of drug-likeness (QED) is 0.124. The largest absolute Gasteiger partial charge is 4.00 e. The molecule has 0 radical (unpaired) electrons. The van der Waals surface area contributed by atoms with Gasteiger partial charge in [-0.3, -0.25) is 0 Å². The van der Waals surface area contributed by atoms with Gasteiger partial charge in [-0.2, -0.15) is 0 Å². The van der Waals surface area contributed by atoms with Crippen molar-refractivity contribution in [3.8, 4) is 0 Å². The molecular formula is C12H28O16S4Si. The van der Waals surface area contributed by atoms with Crippen LogP contribution >= 0.6 is 0 Å². The van der Waals surface area contributed by atoms with E-state index in [4.69, 9.17) is 20.4 Å². The average molecular weight is 585 g/mol. The van der Waals surface area contributed by atoms with E-state index in [1.807, 2.05) is 0 Å². The van der Waals surface area contributed by atoms with Crippen LogP contribution in [0.4, 0.5) is 0 Å². The number of hydrogen-bond acceptors (Lipinski definition) is 16. The fraction of sp³-hybridized carbons (Fsp3) is 1.00. The van der Waals surface area contributed by atoms with Crippen LogP contribution in [0, 0.1) is 0 Å². The molecule has 0 aliphatic carbocycles. The average Bonchev–Trinajstić information content (AvgIpc) is 2.60. The van der Waals surface area contributed by atoms with Gasteiger partial charge in [-0.15, -0.1) is 0 Å². The van der Waals surface area contributed by atoms with Crippen molar-refractivity contribution in [2.45, 2.75) is 25.7 Å². The summed E-state index contributed by atoms with van der Waals surface area (Å²) >= 11 is 0.